The van der Waals surface area contributed by atoms with Crippen LogP contribution in [-0.2, 0) is 9.47 Å². The van der Waals surface area contributed by atoms with Gasteiger partial charge in [0.05, 0.1) is 0 Å². The van der Waals surface area contributed by atoms with Crippen molar-refractivity contribution in [2.75, 3.05) is 14.2 Å². The minimum Gasteiger partial charge on any atom is -0.353 e. The maximum atomic E-state index is 6.34. The molecule has 0 spiro atoms. The molecular weight excluding hydrogens is 320 g/mol. The fraction of sp³-hybridized carbons (Fsp3) is 1.00. The van der Waals surface area contributed by atoms with E-state index in [0.29, 0.717) is 11.8 Å². The Bertz CT molecular complexity index is 376. The molecule has 0 aromatic carbocycles. The summed E-state index contributed by atoms with van der Waals surface area (Å²) in [4.78, 5) is 0. The molecule has 5 atom stereocenters. The second-order valence-corrected chi connectivity index (χ2v) is 9.38. The second kappa shape index (κ2) is 11.1. The highest BCUT2D eigenvalue weighted by molar-refractivity contribution is 4.96. The summed E-state index contributed by atoms with van der Waals surface area (Å²) in [5, 5.41) is 0. The van der Waals surface area contributed by atoms with Crippen LogP contribution >= 0.6 is 0 Å². The zero-order chi connectivity index (χ0) is 19.0. The third-order valence-corrected chi connectivity index (χ3v) is 7.85. The third-order valence-electron chi connectivity index (χ3n) is 7.85. The van der Waals surface area contributed by atoms with Crippen molar-refractivity contribution in [2.24, 2.45) is 29.6 Å². The fourth-order valence-corrected chi connectivity index (χ4v) is 6.34. The van der Waals surface area contributed by atoms with Gasteiger partial charge in [0.25, 0.3) is 0 Å². The number of hydrogen-bond acceptors (Lipinski definition) is 2. The molecule has 0 bridgehead atoms. The van der Waals surface area contributed by atoms with Gasteiger partial charge >= 0.3 is 0 Å². The Hall–Kier alpha value is -0.0800. The first-order valence-corrected chi connectivity index (χ1v) is 11.7. The summed E-state index contributed by atoms with van der Waals surface area (Å²) in [7, 11) is 3.84. The highest BCUT2D eigenvalue weighted by Gasteiger charge is 2.53. The van der Waals surface area contributed by atoms with E-state index in [2.05, 4.69) is 20.8 Å². The summed E-state index contributed by atoms with van der Waals surface area (Å²) in [5.74, 6) is 3.09. The summed E-state index contributed by atoms with van der Waals surface area (Å²) >= 11 is 0. The average Bonchev–Trinajstić information content (AvgIpc) is 3.26. The van der Waals surface area contributed by atoms with Crippen LogP contribution in [-0.4, -0.2) is 20.0 Å². The quantitative estimate of drug-likeness (QED) is 0.268. The van der Waals surface area contributed by atoms with E-state index in [1.807, 2.05) is 14.2 Å². The molecule has 0 aromatic rings. The first kappa shape index (κ1) is 22.2. The van der Waals surface area contributed by atoms with Crippen LogP contribution in [0.2, 0.25) is 0 Å². The predicted octanol–water partition coefficient (Wildman–Crippen LogP) is 7.21. The first-order valence-electron chi connectivity index (χ1n) is 11.7. The van der Waals surface area contributed by atoms with Gasteiger partial charge in [-0.3, -0.25) is 0 Å². The van der Waals surface area contributed by atoms with E-state index in [-0.39, 0.29) is 5.79 Å². The normalized spacial score (nSPS) is 30.8. The van der Waals surface area contributed by atoms with Crippen molar-refractivity contribution in [3.63, 3.8) is 0 Å². The molecule has 0 aromatic heterocycles. The molecule has 0 heterocycles. The van der Waals surface area contributed by atoms with E-state index in [0.717, 1.165) is 17.8 Å². The maximum absolute atomic E-state index is 6.34. The van der Waals surface area contributed by atoms with Crippen LogP contribution in [0, 0.1) is 29.6 Å². The fourth-order valence-electron chi connectivity index (χ4n) is 6.34. The van der Waals surface area contributed by atoms with Gasteiger partial charge in [-0.05, 0) is 37.0 Å². The van der Waals surface area contributed by atoms with Crippen molar-refractivity contribution in [1.82, 2.24) is 0 Å². The second-order valence-electron chi connectivity index (χ2n) is 9.38. The van der Waals surface area contributed by atoms with Crippen LogP contribution in [0.4, 0.5) is 0 Å². The largest absolute Gasteiger partial charge is 0.353 e. The minimum absolute atomic E-state index is 0.359. The molecule has 0 saturated heterocycles. The van der Waals surface area contributed by atoms with Crippen molar-refractivity contribution in [3.05, 3.63) is 0 Å². The van der Waals surface area contributed by atoms with Crippen LogP contribution in [0.1, 0.15) is 104 Å². The lowest BCUT2D eigenvalue weighted by atomic mass is 9.70. The molecule has 0 N–H and O–H groups in total. The molecule has 2 saturated carbocycles. The lowest BCUT2D eigenvalue weighted by Gasteiger charge is -2.48. The lowest BCUT2D eigenvalue weighted by Crippen LogP contribution is -2.52. The molecule has 2 nitrogen and oxygen atoms in total. The van der Waals surface area contributed by atoms with Crippen molar-refractivity contribution < 1.29 is 9.47 Å². The van der Waals surface area contributed by atoms with Crippen molar-refractivity contribution in [1.29, 1.82) is 0 Å². The standard InChI is InChI=1S/C24H46O2/c1-6-7-8-9-10-11-17-23(21-16-12-14-19(21)2)24(25-4,26-5)22-18-13-15-20(22)3/h19-23H,6-18H2,1-5H3. The summed E-state index contributed by atoms with van der Waals surface area (Å²) in [6.45, 7) is 7.19. The topological polar surface area (TPSA) is 18.5 Å². The molecule has 154 valence electrons. The molecular formula is C24H46O2. The summed E-state index contributed by atoms with van der Waals surface area (Å²) in [6.07, 6.45) is 17.6. The Labute approximate surface area is 163 Å². The van der Waals surface area contributed by atoms with Crippen LogP contribution in [0.15, 0.2) is 0 Å². The van der Waals surface area contributed by atoms with Crippen LogP contribution < -0.4 is 0 Å². The number of ether oxygens (including phenoxy) is 2. The molecule has 2 fully saturated rings. The molecule has 2 aliphatic carbocycles. The Morgan fingerprint density at radius 2 is 1.42 bits per heavy atom. The Morgan fingerprint density at radius 1 is 0.808 bits per heavy atom. The zero-order valence-corrected chi connectivity index (χ0v) is 18.4. The van der Waals surface area contributed by atoms with Crippen LogP contribution in [0.3, 0.4) is 0 Å². The molecule has 2 heteroatoms. The summed E-state index contributed by atoms with van der Waals surface area (Å²) in [5.41, 5.74) is 0. The molecule has 2 rings (SSSR count). The summed E-state index contributed by atoms with van der Waals surface area (Å²) in [6, 6.07) is 0. The summed E-state index contributed by atoms with van der Waals surface area (Å²) < 4.78 is 12.7. The van der Waals surface area contributed by atoms with Crippen molar-refractivity contribution in [2.45, 2.75) is 110 Å². The molecule has 2 aliphatic rings. The van der Waals surface area contributed by atoms with Gasteiger partial charge in [0.1, 0.15) is 0 Å². The smallest absolute Gasteiger partial charge is 0.173 e. The highest BCUT2D eigenvalue weighted by atomic mass is 16.7. The van der Waals surface area contributed by atoms with Crippen molar-refractivity contribution >= 4 is 0 Å². The Morgan fingerprint density at radius 3 is 1.96 bits per heavy atom. The van der Waals surface area contributed by atoms with Crippen LogP contribution in [0.25, 0.3) is 0 Å². The van der Waals surface area contributed by atoms with Crippen molar-refractivity contribution in [3.8, 4) is 0 Å². The van der Waals surface area contributed by atoms with Gasteiger partial charge in [-0.15, -0.1) is 0 Å². The van der Waals surface area contributed by atoms with E-state index in [1.165, 1.54) is 83.5 Å². The number of hydrogen-bond donors (Lipinski definition) is 0. The van der Waals surface area contributed by atoms with Gasteiger partial charge in [0.2, 0.25) is 0 Å². The van der Waals surface area contributed by atoms with E-state index >= 15 is 0 Å². The molecule has 5 unspecified atom stereocenters. The maximum Gasteiger partial charge on any atom is 0.173 e. The minimum atomic E-state index is -0.359. The molecule has 26 heavy (non-hydrogen) atoms. The zero-order valence-electron chi connectivity index (χ0n) is 18.4. The Balaban J connectivity index is 2.11. The number of rotatable bonds is 12. The first-order chi connectivity index (χ1) is 12.6. The highest BCUT2D eigenvalue weighted by Crippen LogP contribution is 2.52. The van der Waals surface area contributed by atoms with Gasteiger partial charge in [-0.2, -0.15) is 0 Å². The van der Waals surface area contributed by atoms with E-state index in [1.54, 1.807) is 0 Å². The predicted molar refractivity (Wildman–Crippen MR) is 111 cm³/mol. The van der Waals surface area contributed by atoms with E-state index < -0.39 is 0 Å². The van der Waals surface area contributed by atoms with Crippen LogP contribution in [0.5, 0.6) is 0 Å². The molecule has 0 radical (unpaired) electrons. The lowest BCUT2D eigenvalue weighted by molar-refractivity contribution is -0.288. The van der Waals surface area contributed by atoms with Gasteiger partial charge in [0.15, 0.2) is 5.79 Å². The van der Waals surface area contributed by atoms with Gasteiger partial charge in [-0.1, -0.05) is 85.0 Å². The third kappa shape index (κ3) is 5.04. The van der Waals surface area contributed by atoms with Gasteiger partial charge in [0, 0.05) is 26.1 Å². The van der Waals surface area contributed by atoms with Gasteiger partial charge in [-0.25, -0.2) is 0 Å². The van der Waals surface area contributed by atoms with E-state index in [4.69, 9.17) is 9.47 Å². The molecule has 0 amide bonds. The average molecular weight is 367 g/mol. The monoisotopic (exact) mass is 366 g/mol. The SMILES string of the molecule is CCCCCCCCC(C1CCCC1C)C(OC)(OC)C1CCCC1C. The Kier molecular flexibility index (Phi) is 9.44. The number of methoxy groups -OCH3 is 2. The van der Waals surface area contributed by atoms with E-state index in [9.17, 15) is 0 Å². The molecule has 0 aliphatic heterocycles. The number of unbranched alkanes of at least 4 members (excludes halogenated alkanes) is 5. The van der Waals surface area contributed by atoms with Gasteiger partial charge < -0.3 is 9.47 Å².